The number of amides is 2. The number of hydrogen-bond acceptors (Lipinski definition) is 4. The Hall–Kier alpha value is -2.78. The fourth-order valence-electron chi connectivity index (χ4n) is 2.68. The zero-order chi connectivity index (χ0) is 21.4. The van der Waals surface area contributed by atoms with E-state index in [4.69, 9.17) is 0 Å². The van der Waals surface area contributed by atoms with E-state index in [0.717, 1.165) is 5.56 Å². The molecule has 2 aromatic carbocycles. The van der Waals surface area contributed by atoms with Crippen molar-refractivity contribution in [2.24, 2.45) is 0 Å². The minimum atomic E-state index is -3.69. The molecule has 0 atom stereocenters. The first-order valence-corrected chi connectivity index (χ1v) is 10.7. The van der Waals surface area contributed by atoms with Gasteiger partial charge in [-0.15, -0.1) is 0 Å². The lowest BCUT2D eigenvalue weighted by molar-refractivity contribution is -0.121. The van der Waals surface area contributed by atoms with Crippen molar-refractivity contribution >= 4 is 21.8 Å². The summed E-state index contributed by atoms with van der Waals surface area (Å²) in [7, 11) is -3.69. The van der Waals surface area contributed by atoms with Crippen LogP contribution in [0.25, 0.3) is 0 Å². The first kappa shape index (κ1) is 22.5. The van der Waals surface area contributed by atoms with Gasteiger partial charge in [-0.25, -0.2) is 12.8 Å². The molecule has 2 rings (SSSR count). The molecule has 2 N–H and O–H groups in total. The molecule has 0 heterocycles. The molecule has 29 heavy (non-hydrogen) atoms. The van der Waals surface area contributed by atoms with Gasteiger partial charge in [-0.1, -0.05) is 32.0 Å². The van der Waals surface area contributed by atoms with Crippen molar-refractivity contribution in [2.45, 2.75) is 31.6 Å². The lowest BCUT2D eigenvalue weighted by atomic mass is 10.1. The van der Waals surface area contributed by atoms with Crippen LogP contribution in [0.1, 0.15) is 36.2 Å². The summed E-state index contributed by atoms with van der Waals surface area (Å²) in [5.41, 5.74) is 5.47. The van der Waals surface area contributed by atoms with Crippen LogP contribution >= 0.6 is 0 Å². The number of hydrogen-bond donors (Lipinski definition) is 2. The van der Waals surface area contributed by atoms with Crippen LogP contribution in [0.5, 0.6) is 0 Å². The minimum Gasteiger partial charge on any atom is -0.273 e. The van der Waals surface area contributed by atoms with Crippen LogP contribution in [-0.2, 0) is 21.2 Å². The fourth-order valence-corrected chi connectivity index (χ4v) is 4.18. The number of hydrazine groups is 1. The third-order valence-corrected chi connectivity index (χ3v) is 6.35. The Bertz CT molecular complexity index is 958. The van der Waals surface area contributed by atoms with E-state index in [0.29, 0.717) is 19.5 Å². The predicted molar refractivity (Wildman–Crippen MR) is 107 cm³/mol. The fraction of sp³-hybridized carbons (Fsp3) is 0.300. The molecular weight excluding hydrogens is 397 g/mol. The molecule has 0 aromatic heterocycles. The number of rotatable bonds is 8. The maximum Gasteiger partial charge on any atom is 0.269 e. The van der Waals surface area contributed by atoms with Gasteiger partial charge >= 0.3 is 0 Å². The van der Waals surface area contributed by atoms with Crippen LogP contribution in [0.3, 0.4) is 0 Å². The Morgan fingerprint density at radius 3 is 2.28 bits per heavy atom. The van der Waals surface area contributed by atoms with Gasteiger partial charge in [0.15, 0.2) is 0 Å². The van der Waals surface area contributed by atoms with Crippen molar-refractivity contribution in [3.63, 3.8) is 0 Å². The second kappa shape index (κ2) is 10.1. The van der Waals surface area contributed by atoms with Gasteiger partial charge < -0.3 is 0 Å². The van der Waals surface area contributed by atoms with Crippen molar-refractivity contribution in [1.82, 2.24) is 15.2 Å². The number of nitrogens with zero attached hydrogens (tertiary/aromatic N) is 1. The zero-order valence-electron chi connectivity index (χ0n) is 16.3. The molecule has 2 amide bonds. The molecule has 0 aliphatic rings. The molecular formula is C20H24FN3O4S. The van der Waals surface area contributed by atoms with Gasteiger partial charge in [-0.3, -0.25) is 20.4 Å². The number of benzene rings is 2. The largest absolute Gasteiger partial charge is 0.273 e. The molecule has 0 bridgehead atoms. The summed E-state index contributed by atoms with van der Waals surface area (Å²) in [4.78, 5) is 24.2. The van der Waals surface area contributed by atoms with Crippen molar-refractivity contribution < 1.29 is 22.4 Å². The van der Waals surface area contributed by atoms with Gasteiger partial charge in [0.25, 0.3) is 5.91 Å². The third-order valence-electron chi connectivity index (χ3n) is 4.31. The van der Waals surface area contributed by atoms with Gasteiger partial charge in [0.05, 0.1) is 4.90 Å². The van der Waals surface area contributed by atoms with E-state index >= 15 is 0 Å². The molecule has 9 heteroatoms. The highest BCUT2D eigenvalue weighted by molar-refractivity contribution is 7.89. The molecule has 0 saturated carbocycles. The lowest BCUT2D eigenvalue weighted by Crippen LogP contribution is -2.41. The van der Waals surface area contributed by atoms with E-state index in [1.54, 1.807) is 26.0 Å². The van der Waals surface area contributed by atoms with Crippen LogP contribution in [0.2, 0.25) is 0 Å². The Balaban J connectivity index is 1.95. The van der Waals surface area contributed by atoms with E-state index in [9.17, 15) is 22.4 Å². The number of carbonyl (C=O) groups is 2. The summed E-state index contributed by atoms with van der Waals surface area (Å²) in [6.07, 6.45) is 0.488. The molecule has 0 fully saturated rings. The quantitative estimate of drug-likeness (QED) is 0.639. The average molecular weight is 421 g/mol. The number of aryl methyl sites for hydroxylation is 1. The highest BCUT2D eigenvalue weighted by Crippen LogP contribution is 2.17. The van der Waals surface area contributed by atoms with E-state index in [1.165, 1.54) is 40.7 Å². The van der Waals surface area contributed by atoms with Gasteiger partial charge in [-0.05, 0) is 42.3 Å². The average Bonchev–Trinajstić information content (AvgIpc) is 2.72. The molecule has 0 aliphatic carbocycles. The maximum atomic E-state index is 12.9. The topological polar surface area (TPSA) is 95.6 Å². The highest BCUT2D eigenvalue weighted by atomic mass is 32.2. The number of nitrogens with one attached hydrogen (secondary N) is 2. The Labute approximate surface area is 169 Å². The minimum absolute atomic E-state index is 0.0106. The summed E-state index contributed by atoms with van der Waals surface area (Å²) < 4.78 is 39.3. The molecule has 156 valence electrons. The number of carbonyl (C=O) groups excluding carboxylic acids is 2. The van der Waals surface area contributed by atoms with Gasteiger partial charge in [0, 0.05) is 25.1 Å². The van der Waals surface area contributed by atoms with E-state index < -0.39 is 21.8 Å². The maximum absolute atomic E-state index is 12.9. The third kappa shape index (κ3) is 6.10. The summed E-state index contributed by atoms with van der Waals surface area (Å²) in [6.45, 7) is 4.11. The molecule has 0 aliphatic heterocycles. The second-order valence-electron chi connectivity index (χ2n) is 6.25. The number of halogens is 1. The lowest BCUT2D eigenvalue weighted by Gasteiger charge is -2.18. The normalized spacial score (nSPS) is 11.3. The Morgan fingerprint density at radius 2 is 1.66 bits per heavy atom. The van der Waals surface area contributed by atoms with Crippen LogP contribution in [0.15, 0.2) is 53.4 Å². The first-order chi connectivity index (χ1) is 13.8. The van der Waals surface area contributed by atoms with Crippen LogP contribution in [0.4, 0.5) is 4.39 Å². The summed E-state index contributed by atoms with van der Waals surface area (Å²) in [5, 5.41) is 0. The van der Waals surface area contributed by atoms with Crippen molar-refractivity contribution in [3.8, 4) is 0 Å². The standard InChI is InChI=1S/C20H24FN3O4S/c1-3-24(4-2)29(27,28)18-7-5-6-16(14-18)20(26)23-22-19(25)13-10-15-8-11-17(21)12-9-15/h5-9,11-12,14H,3-4,10,13H2,1-2H3,(H,22,25)(H,23,26). The van der Waals surface area contributed by atoms with Crippen LogP contribution in [-0.4, -0.2) is 37.6 Å². The smallest absolute Gasteiger partial charge is 0.269 e. The Morgan fingerprint density at radius 1 is 1.00 bits per heavy atom. The molecule has 2 aromatic rings. The molecule has 0 radical (unpaired) electrons. The van der Waals surface area contributed by atoms with E-state index in [1.807, 2.05) is 0 Å². The zero-order valence-corrected chi connectivity index (χ0v) is 17.1. The molecule has 0 saturated heterocycles. The summed E-state index contributed by atoms with van der Waals surface area (Å²) in [6, 6.07) is 11.4. The van der Waals surface area contributed by atoms with Crippen molar-refractivity contribution in [3.05, 3.63) is 65.5 Å². The second-order valence-corrected chi connectivity index (χ2v) is 8.18. The molecule has 0 unspecified atom stereocenters. The SMILES string of the molecule is CCN(CC)S(=O)(=O)c1cccc(C(=O)NNC(=O)CCc2ccc(F)cc2)c1. The Kier molecular flexibility index (Phi) is 7.86. The van der Waals surface area contributed by atoms with Crippen molar-refractivity contribution in [2.75, 3.05) is 13.1 Å². The van der Waals surface area contributed by atoms with Gasteiger partial charge in [0.2, 0.25) is 15.9 Å². The van der Waals surface area contributed by atoms with Crippen LogP contribution < -0.4 is 10.9 Å². The predicted octanol–water partition coefficient (Wildman–Crippen LogP) is 2.25. The monoisotopic (exact) mass is 421 g/mol. The summed E-state index contributed by atoms with van der Waals surface area (Å²) >= 11 is 0. The molecule has 0 spiro atoms. The van der Waals surface area contributed by atoms with E-state index in [2.05, 4.69) is 10.9 Å². The van der Waals surface area contributed by atoms with Crippen LogP contribution in [0, 0.1) is 5.82 Å². The summed E-state index contributed by atoms with van der Waals surface area (Å²) in [5.74, 6) is -1.40. The van der Waals surface area contributed by atoms with Gasteiger partial charge in [-0.2, -0.15) is 4.31 Å². The van der Waals surface area contributed by atoms with E-state index in [-0.39, 0.29) is 22.7 Å². The first-order valence-electron chi connectivity index (χ1n) is 9.21. The molecule has 7 nitrogen and oxygen atoms in total. The van der Waals surface area contributed by atoms with Crippen molar-refractivity contribution in [1.29, 1.82) is 0 Å². The highest BCUT2D eigenvalue weighted by Gasteiger charge is 2.22. The number of sulfonamides is 1. The van der Waals surface area contributed by atoms with Gasteiger partial charge in [0.1, 0.15) is 5.82 Å².